The molecule has 112 valence electrons. The Hall–Kier alpha value is -1.67. The van der Waals surface area contributed by atoms with E-state index in [1.54, 1.807) is 6.07 Å². The molecular weight excluding hydrogens is 278 g/mol. The highest BCUT2D eigenvalue weighted by atomic mass is 35.5. The molecular formula is C14H22ClN3O2. The number of benzene rings is 1. The van der Waals surface area contributed by atoms with E-state index in [1.165, 1.54) is 0 Å². The summed E-state index contributed by atoms with van der Waals surface area (Å²) in [5.41, 5.74) is 1.36. The molecule has 20 heavy (non-hydrogen) atoms. The van der Waals surface area contributed by atoms with Crippen LogP contribution in [0.2, 0.25) is 0 Å². The van der Waals surface area contributed by atoms with Gasteiger partial charge < -0.3 is 26.8 Å². The Balaban J connectivity index is 0.00000361. The van der Waals surface area contributed by atoms with Gasteiger partial charge in [-0.2, -0.15) is 0 Å². The average Bonchev–Trinajstić information content (AvgIpc) is 2.43. The lowest BCUT2D eigenvalue weighted by Gasteiger charge is -2.21. The first kappa shape index (κ1) is 18.3. The van der Waals surface area contributed by atoms with E-state index in [-0.39, 0.29) is 12.4 Å². The van der Waals surface area contributed by atoms with Crippen molar-refractivity contribution in [1.82, 2.24) is 0 Å². The number of hydrogen-bond acceptors (Lipinski definition) is 4. The zero-order chi connectivity index (χ0) is 14.3. The van der Waals surface area contributed by atoms with Crippen molar-refractivity contribution in [3.8, 4) is 11.5 Å². The normalized spacial score (nSPS) is 9.35. The van der Waals surface area contributed by atoms with Crippen molar-refractivity contribution in [3.05, 3.63) is 17.1 Å². The summed E-state index contributed by atoms with van der Waals surface area (Å²) in [4.78, 5) is 5.47. The summed E-state index contributed by atoms with van der Waals surface area (Å²) < 4.78 is 11.1. The third kappa shape index (κ3) is 4.17. The molecule has 0 aliphatic heterocycles. The van der Waals surface area contributed by atoms with Gasteiger partial charge in [-0.1, -0.05) is 0 Å². The lowest BCUT2D eigenvalue weighted by Crippen LogP contribution is -3.00. The monoisotopic (exact) mass is 299 g/mol. The molecule has 1 aromatic carbocycles. The molecule has 0 amide bonds. The fourth-order valence-electron chi connectivity index (χ4n) is 1.97. The Morgan fingerprint density at radius 2 is 1.65 bits per heavy atom. The molecule has 0 unspecified atom stereocenters. The van der Waals surface area contributed by atoms with Crippen LogP contribution >= 0.6 is 0 Å². The summed E-state index contributed by atoms with van der Waals surface area (Å²) in [7, 11) is 0. The van der Waals surface area contributed by atoms with E-state index in [1.807, 2.05) is 19.9 Å². The van der Waals surface area contributed by atoms with Gasteiger partial charge in [-0.25, -0.2) is 0 Å². The SMILES string of the molecule is CCOc1cc(N(CC)CC)cc([N+]#N)c1OCC.[Cl-]. The summed E-state index contributed by atoms with van der Waals surface area (Å²) >= 11 is 0. The lowest BCUT2D eigenvalue weighted by molar-refractivity contribution is -0.00000522. The topological polar surface area (TPSA) is 49.9 Å². The smallest absolute Gasteiger partial charge is 0.432 e. The highest BCUT2D eigenvalue weighted by Crippen LogP contribution is 2.41. The maximum absolute atomic E-state index is 9.16. The molecule has 0 aromatic heterocycles. The average molecular weight is 300 g/mol. The molecule has 0 saturated heterocycles. The van der Waals surface area contributed by atoms with Crippen LogP contribution in [-0.4, -0.2) is 26.3 Å². The molecule has 0 aliphatic rings. The summed E-state index contributed by atoms with van der Waals surface area (Å²) in [5.74, 6) is 1.10. The summed E-state index contributed by atoms with van der Waals surface area (Å²) in [5, 5.41) is 9.16. The first-order valence-corrected chi connectivity index (χ1v) is 6.75. The second-order valence-electron chi connectivity index (χ2n) is 3.93. The van der Waals surface area contributed by atoms with E-state index >= 15 is 0 Å². The predicted molar refractivity (Wildman–Crippen MR) is 77.1 cm³/mol. The number of rotatable bonds is 7. The summed E-state index contributed by atoms with van der Waals surface area (Å²) in [6, 6.07) is 3.73. The highest BCUT2D eigenvalue weighted by Gasteiger charge is 2.24. The van der Waals surface area contributed by atoms with Gasteiger partial charge in [0.25, 0.3) is 5.75 Å². The molecule has 0 atom stereocenters. The standard InChI is InChI=1S/C14H22N3O2.ClH/c1-5-17(6-2)11-9-12(16-15)14(19-8-4)13(10-11)18-7-3;/h9-10H,5-8H2,1-4H3;1H/q+1;/p-1. The number of anilines is 1. The molecule has 1 aromatic rings. The highest BCUT2D eigenvalue weighted by molar-refractivity contribution is 5.72. The molecule has 0 saturated carbocycles. The van der Waals surface area contributed by atoms with Crippen LogP contribution in [0, 0.1) is 5.39 Å². The van der Waals surface area contributed by atoms with Gasteiger partial charge in [0.2, 0.25) is 5.39 Å². The Labute approximate surface area is 126 Å². The lowest BCUT2D eigenvalue weighted by atomic mass is 10.2. The van der Waals surface area contributed by atoms with Crippen molar-refractivity contribution in [2.24, 2.45) is 0 Å². The van der Waals surface area contributed by atoms with Gasteiger partial charge in [-0.05, 0) is 27.7 Å². The molecule has 0 heterocycles. The maximum Gasteiger partial charge on any atom is 0.432 e. The van der Waals surface area contributed by atoms with E-state index < -0.39 is 0 Å². The summed E-state index contributed by atoms with van der Waals surface area (Å²) in [6.45, 7) is 10.7. The molecule has 0 aliphatic carbocycles. The first-order valence-electron chi connectivity index (χ1n) is 6.75. The van der Waals surface area contributed by atoms with Gasteiger partial charge in [-0.3, -0.25) is 0 Å². The number of halogens is 1. The Morgan fingerprint density at radius 1 is 1.05 bits per heavy atom. The Bertz CT molecular complexity index is 456. The third-order valence-corrected chi connectivity index (χ3v) is 2.84. The zero-order valence-corrected chi connectivity index (χ0v) is 13.3. The second kappa shape index (κ2) is 9.27. The van der Waals surface area contributed by atoms with Gasteiger partial charge in [0.15, 0.2) is 10.7 Å². The minimum Gasteiger partial charge on any atom is -1.00 e. The van der Waals surface area contributed by atoms with Gasteiger partial charge in [0, 0.05) is 24.8 Å². The van der Waals surface area contributed by atoms with Crippen molar-refractivity contribution < 1.29 is 21.9 Å². The number of nitrogens with zero attached hydrogens (tertiary/aromatic N) is 3. The van der Waals surface area contributed by atoms with Crippen molar-refractivity contribution >= 4 is 11.4 Å². The van der Waals surface area contributed by atoms with Crippen LogP contribution in [-0.2, 0) is 0 Å². The van der Waals surface area contributed by atoms with Crippen LogP contribution in [0.4, 0.5) is 11.4 Å². The van der Waals surface area contributed by atoms with Crippen molar-refractivity contribution in [2.45, 2.75) is 27.7 Å². The number of ether oxygens (including phenoxy) is 2. The summed E-state index contributed by atoms with van der Waals surface area (Å²) in [6.07, 6.45) is 0. The molecule has 0 spiro atoms. The Morgan fingerprint density at radius 3 is 2.10 bits per heavy atom. The fourth-order valence-corrected chi connectivity index (χ4v) is 1.97. The van der Waals surface area contributed by atoms with Crippen molar-refractivity contribution in [1.29, 1.82) is 5.39 Å². The number of diazo groups is 1. The molecule has 0 radical (unpaired) electrons. The largest absolute Gasteiger partial charge is 1.00 e. The van der Waals surface area contributed by atoms with Crippen LogP contribution in [0.15, 0.2) is 12.1 Å². The van der Waals surface area contributed by atoms with Crippen molar-refractivity contribution in [3.63, 3.8) is 0 Å². The third-order valence-electron chi connectivity index (χ3n) is 2.84. The van der Waals surface area contributed by atoms with Gasteiger partial charge in [0.1, 0.15) is 0 Å². The van der Waals surface area contributed by atoms with Crippen molar-refractivity contribution in [2.75, 3.05) is 31.2 Å². The number of hydrogen-bond donors (Lipinski definition) is 0. The quantitative estimate of drug-likeness (QED) is 0.700. The van der Waals surface area contributed by atoms with Crippen LogP contribution in [0.25, 0.3) is 4.98 Å². The molecule has 6 heteroatoms. The van der Waals surface area contributed by atoms with E-state index in [4.69, 9.17) is 14.9 Å². The van der Waals surface area contributed by atoms with Crippen LogP contribution in [0.5, 0.6) is 11.5 Å². The maximum atomic E-state index is 9.16. The van der Waals surface area contributed by atoms with E-state index in [0.29, 0.717) is 30.4 Å². The van der Waals surface area contributed by atoms with Crippen LogP contribution in [0.1, 0.15) is 27.7 Å². The van der Waals surface area contributed by atoms with E-state index in [2.05, 4.69) is 23.7 Å². The first-order chi connectivity index (χ1) is 9.21. The predicted octanol–water partition coefficient (Wildman–Crippen LogP) is 0.819. The van der Waals surface area contributed by atoms with E-state index in [9.17, 15) is 0 Å². The van der Waals surface area contributed by atoms with Gasteiger partial charge in [-0.15, -0.1) is 0 Å². The van der Waals surface area contributed by atoms with Gasteiger partial charge in [0.05, 0.1) is 19.3 Å². The Kier molecular flexibility index (Phi) is 8.49. The zero-order valence-electron chi connectivity index (χ0n) is 12.5. The molecule has 0 bridgehead atoms. The molecule has 1 rings (SSSR count). The van der Waals surface area contributed by atoms with Crippen LogP contribution in [0.3, 0.4) is 0 Å². The van der Waals surface area contributed by atoms with E-state index in [0.717, 1.165) is 18.8 Å². The molecule has 5 nitrogen and oxygen atoms in total. The fraction of sp³-hybridized carbons (Fsp3) is 0.571. The van der Waals surface area contributed by atoms with Crippen LogP contribution < -0.4 is 26.8 Å². The molecule has 0 N–H and O–H groups in total. The minimum absolute atomic E-state index is 0. The molecule has 0 fully saturated rings. The van der Waals surface area contributed by atoms with Gasteiger partial charge >= 0.3 is 5.69 Å². The second-order valence-corrected chi connectivity index (χ2v) is 3.93. The minimum atomic E-state index is 0.